The summed E-state index contributed by atoms with van der Waals surface area (Å²) in [6.07, 6.45) is 1.68. The number of hydrogen-bond acceptors (Lipinski definition) is 4. The molecule has 0 aliphatic rings. The molecule has 2 heterocycles. The third kappa shape index (κ3) is 3.39. The molecule has 0 amide bonds. The second-order valence-corrected chi connectivity index (χ2v) is 5.59. The third-order valence-electron chi connectivity index (χ3n) is 2.12. The van der Waals surface area contributed by atoms with Crippen LogP contribution in [0.25, 0.3) is 0 Å². The van der Waals surface area contributed by atoms with Crippen LogP contribution in [0.2, 0.25) is 4.34 Å². The van der Waals surface area contributed by atoms with Crippen LogP contribution in [-0.2, 0) is 6.54 Å². The number of aromatic nitrogens is 1. The molecule has 6 heteroatoms. The standard InChI is InChI=1S/C11H10ClN3S2/c12-9-2-1-8(17-9)6-15-10-5-7(11(13)16)3-4-14-10/h1-5H,6H2,(H2,13,16)(H,14,15). The lowest BCUT2D eigenvalue weighted by molar-refractivity contribution is 1.14. The van der Waals surface area contributed by atoms with E-state index in [-0.39, 0.29) is 0 Å². The van der Waals surface area contributed by atoms with Gasteiger partial charge in [-0.25, -0.2) is 4.98 Å². The number of thiophene rings is 1. The van der Waals surface area contributed by atoms with Gasteiger partial charge in [-0.15, -0.1) is 11.3 Å². The molecular formula is C11H10ClN3S2. The first-order chi connectivity index (χ1) is 8.15. The monoisotopic (exact) mass is 283 g/mol. The Balaban J connectivity index is 2.04. The Morgan fingerprint density at radius 1 is 1.47 bits per heavy atom. The molecule has 0 bridgehead atoms. The van der Waals surface area contributed by atoms with E-state index >= 15 is 0 Å². The zero-order valence-electron chi connectivity index (χ0n) is 8.81. The van der Waals surface area contributed by atoms with Crippen molar-refractivity contribution in [3.8, 4) is 0 Å². The molecule has 0 unspecified atom stereocenters. The van der Waals surface area contributed by atoms with E-state index in [1.165, 1.54) is 0 Å². The van der Waals surface area contributed by atoms with Gasteiger partial charge in [-0.3, -0.25) is 0 Å². The molecule has 17 heavy (non-hydrogen) atoms. The highest BCUT2D eigenvalue weighted by atomic mass is 35.5. The van der Waals surface area contributed by atoms with Crippen LogP contribution < -0.4 is 11.1 Å². The van der Waals surface area contributed by atoms with Gasteiger partial charge in [-0.1, -0.05) is 23.8 Å². The summed E-state index contributed by atoms with van der Waals surface area (Å²) in [7, 11) is 0. The maximum atomic E-state index is 5.85. The summed E-state index contributed by atoms with van der Waals surface area (Å²) in [4.78, 5) is 5.71. The molecule has 0 spiro atoms. The van der Waals surface area contributed by atoms with Crippen molar-refractivity contribution in [1.29, 1.82) is 0 Å². The van der Waals surface area contributed by atoms with Crippen LogP contribution in [0, 0.1) is 0 Å². The van der Waals surface area contributed by atoms with Crippen molar-refractivity contribution < 1.29 is 0 Å². The average Bonchev–Trinajstić information content (AvgIpc) is 2.73. The van der Waals surface area contributed by atoms with Gasteiger partial charge in [0.1, 0.15) is 10.8 Å². The lowest BCUT2D eigenvalue weighted by Gasteiger charge is -2.05. The minimum atomic E-state index is 0.370. The summed E-state index contributed by atoms with van der Waals surface area (Å²) in [6, 6.07) is 7.48. The Morgan fingerprint density at radius 3 is 2.94 bits per heavy atom. The molecule has 2 rings (SSSR count). The molecule has 0 aliphatic heterocycles. The van der Waals surface area contributed by atoms with Gasteiger partial charge >= 0.3 is 0 Å². The van der Waals surface area contributed by atoms with Crippen LogP contribution in [0.15, 0.2) is 30.5 Å². The van der Waals surface area contributed by atoms with Crippen LogP contribution >= 0.6 is 35.2 Å². The molecule has 0 aliphatic carbocycles. The van der Waals surface area contributed by atoms with Crippen molar-refractivity contribution in [3.05, 3.63) is 45.2 Å². The molecule has 2 aromatic heterocycles. The summed E-state index contributed by atoms with van der Waals surface area (Å²) in [6.45, 7) is 0.686. The van der Waals surface area contributed by atoms with Crippen LogP contribution in [0.1, 0.15) is 10.4 Å². The number of nitrogens with one attached hydrogen (secondary N) is 1. The smallest absolute Gasteiger partial charge is 0.126 e. The maximum Gasteiger partial charge on any atom is 0.126 e. The van der Waals surface area contributed by atoms with Gasteiger partial charge < -0.3 is 11.1 Å². The molecule has 88 valence electrons. The van der Waals surface area contributed by atoms with Crippen molar-refractivity contribution >= 4 is 46.0 Å². The Labute approximate surface area is 114 Å². The van der Waals surface area contributed by atoms with E-state index in [0.29, 0.717) is 11.5 Å². The van der Waals surface area contributed by atoms with Gasteiger partial charge in [-0.05, 0) is 24.3 Å². The van der Waals surface area contributed by atoms with Gasteiger partial charge in [-0.2, -0.15) is 0 Å². The summed E-state index contributed by atoms with van der Waals surface area (Å²) in [5, 5.41) is 3.20. The maximum absolute atomic E-state index is 5.85. The zero-order chi connectivity index (χ0) is 12.3. The first kappa shape index (κ1) is 12.3. The lowest BCUT2D eigenvalue weighted by atomic mass is 10.2. The summed E-state index contributed by atoms with van der Waals surface area (Å²) in [5.41, 5.74) is 6.36. The van der Waals surface area contributed by atoms with Gasteiger partial charge in [0.05, 0.1) is 10.9 Å². The van der Waals surface area contributed by atoms with Crippen molar-refractivity contribution in [2.75, 3.05) is 5.32 Å². The third-order valence-corrected chi connectivity index (χ3v) is 3.58. The Kier molecular flexibility index (Phi) is 3.93. The molecule has 0 fully saturated rings. The zero-order valence-corrected chi connectivity index (χ0v) is 11.2. The van der Waals surface area contributed by atoms with Crippen molar-refractivity contribution in [2.45, 2.75) is 6.54 Å². The lowest BCUT2D eigenvalue weighted by Crippen LogP contribution is -2.10. The minimum Gasteiger partial charge on any atom is -0.389 e. The van der Waals surface area contributed by atoms with E-state index in [1.54, 1.807) is 23.6 Å². The van der Waals surface area contributed by atoms with Crippen molar-refractivity contribution in [1.82, 2.24) is 4.98 Å². The van der Waals surface area contributed by atoms with Gasteiger partial charge in [0.15, 0.2) is 0 Å². The van der Waals surface area contributed by atoms with Gasteiger partial charge in [0, 0.05) is 16.6 Å². The fourth-order valence-corrected chi connectivity index (χ4v) is 2.46. The summed E-state index contributed by atoms with van der Waals surface area (Å²) >= 11 is 12.3. The quantitative estimate of drug-likeness (QED) is 0.847. The van der Waals surface area contributed by atoms with Crippen LogP contribution in [-0.4, -0.2) is 9.97 Å². The van der Waals surface area contributed by atoms with E-state index in [1.807, 2.05) is 18.2 Å². The number of hydrogen-bond donors (Lipinski definition) is 2. The minimum absolute atomic E-state index is 0.370. The van der Waals surface area contributed by atoms with Gasteiger partial charge in [0.2, 0.25) is 0 Å². The van der Waals surface area contributed by atoms with E-state index < -0.39 is 0 Å². The predicted octanol–water partition coefficient (Wildman–Crippen LogP) is 3.04. The average molecular weight is 284 g/mol. The SMILES string of the molecule is NC(=S)c1ccnc(NCc2ccc(Cl)s2)c1. The first-order valence-electron chi connectivity index (χ1n) is 4.89. The van der Waals surface area contributed by atoms with Crippen molar-refractivity contribution in [2.24, 2.45) is 5.73 Å². The molecule has 0 atom stereocenters. The van der Waals surface area contributed by atoms with Crippen LogP contribution in [0.4, 0.5) is 5.82 Å². The number of rotatable bonds is 4. The molecule has 3 N–H and O–H groups in total. The number of thiocarbonyl (C=S) groups is 1. The van der Waals surface area contributed by atoms with Crippen LogP contribution in [0.5, 0.6) is 0 Å². The molecule has 0 radical (unpaired) electrons. The number of halogens is 1. The largest absolute Gasteiger partial charge is 0.389 e. The number of nitrogens with zero attached hydrogens (tertiary/aromatic N) is 1. The fourth-order valence-electron chi connectivity index (χ4n) is 1.30. The highest BCUT2D eigenvalue weighted by molar-refractivity contribution is 7.80. The molecule has 0 saturated carbocycles. The second kappa shape index (κ2) is 5.44. The highest BCUT2D eigenvalue weighted by Crippen LogP contribution is 2.22. The molecule has 0 aromatic carbocycles. The second-order valence-electron chi connectivity index (χ2n) is 3.35. The Hall–Kier alpha value is -1.17. The number of pyridine rings is 1. The Bertz CT molecular complexity index is 539. The predicted molar refractivity (Wildman–Crippen MR) is 76.8 cm³/mol. The van der Waals surface area contributed by atoms with Crippen LogP contribution in [0.3, 0.4) is 0 Å². The molecule has 0 saturated heterocycles. The number of nitrogens with two attached hydrogens (primary N) is 1. The summed E-state index contributed by atoms with van der Waals surface area (Å²) in [5.74, 6) is 0.750. The van der Waals surface area contributed by atoms with E-state index in [9.17, 15) is 0 Å². The van der Waals surface area contributed by atoms with Gasteiger partial charge in [0.25, 0.3) is 0 Å². The Morgan fingerprint density at radius 2 is 2.29 bits per heavy atom. The van der Waals surface area contributed by atoms with E-state index in [2.05, 4.69) is 10.3 Å². The van der Waals surface area contributed by atoms with E-state index in [0.717, 1.165) is 20.6 Å². The molecular weight excluding hydrogens is 274 g/mol. The normalized spacial score (nSPS) is 10.2. The first-order valence-corrected chi connectivity index (χ1v) is 6.49. The highest BCUT2D eigenvalue weighted by Gasteiger charge is 2.01. The topological polar surface area (TPSA) is 50.9 Å². The van der Waals surface area contributed by atoms with E-state index in [4.69, 9.17) is 29.6 Å². The van der Waals surface area contributed by atoms with Crippen molar-refractivity contribution in [3.63, 3.8) is 0 Å². The molecule has 3 nitrogen and oxygen atoms in total. The number of anilines is 1. The fraction of sp³-hybridized carbons (Fsp3) is 0.0909. The molecule has 2 aromatic rings. The summed E-state index contributed by atoms with van der Waals surface area (Å²) < 4.78 is 0.784.